The van der Waals surface area contributed by atoms with Crippen LogP contribution in [0.5, 0.6) is 0 Å². The van der Waals surface area contributed by atoms with Gasteiger partial charge in [-0.1, -0.05) is 24.8 Å². The lowest BCUT2D eigenvalue weighted by molar-refractivity contribution is 0.321. The summed E-state index contributed by atoms with van der Waals surface area (Å²) >= 11 is 0. The molecule has 1 nitrogen and oxygen atoms in total. The van der Waals surface area contributed by atoms with E-state index in [1.165, 1.54) is 18.4 Å². The molecule has 1 heteroatoms. The van der Waals surface area contributed by atoms with Crippen LogP contribution in [-0.2, 0) is 0 Å². The maximum absolute atomic E-state index is 3.92. The summed E-state index contributed by atoms with van der Waals surface area (Å²) in [5.41, 5.74) is 4.56. The van der Waals surface area contributed by atoms with Crippen molar-refractivity contribution < 1.29 is 0 Å². The maximum Gasteiger partial charge on any atom is 0.0550 e. The van der Waals surface area contributed by atoms with E-state index in [0.717, 1.165) is 0 Å². The Bertz CT molecular complexity index is 394. The summed E-state index contributed by atoms with van der Waals surface area (Å²) in [5.74, 6) is 0. The van der Waals surface area contributed by atoms with Crippen LogP contribution in [0.2, 0.25) is 0 Å². The van der Waals surface area contributed by atoms with Gasteiger partial charge in [-0.2, -0.15) is 0 Å². The van der Waals surface area contributed by atoms with Gasteiger partial charge in [0.25, 0.3) is 0 Å². The Kier molecular flexibility index (Phi) is 1.52. The van der Waals surface area contributed by atoms with E-state index in [9.17, 15) is 0 Å². The Labute approximate surface area is 85.0 Å². The van der Waals surface area contributed by atoms with Gasteiger partial charge in [0, 0.05) is 0 Å². The van der Waals surface area contributed by atoms with Crippen LogP contribution in [-0.4, -0.2) is 4.90 Å². The predicted molar refractivity (Wildman–Crippen MR) is 57.9 cm³/mol. The van der Waals surface area contributed by atoms with E-state index in [4.69, 9.17) is 0 Å². The first-order valence-corrected chi connectivity index (χ1v) is 5.32. The summed E-state index contributed by atoms with van der Waals surface area (Å²) in [5, 5.41) is 0. The molecule has 2 aliphatic heterocycles. The van der Waals surface area contributed by atoms with Crippen molar-refractivity contribution in [1.29, 1.82) is 0 Å². The van der Waals surface area contributed by atoms with Crippen molar-refractivity contribution in [1.82, 2.24) is 4.90 Å². The van der Waals surface area contributed by atoms with Gasteiger partial charge in [0.15, 0.2) is 0 Å². The molecule has 1 aromatic rings. The highest BCUT2D eigenvalue weighted by Crippen LogP contribution is 2.53. The van der Waals surface area contributed by atoms with Gasteiger partial charge < -0.3 is 4.90 Å². The molecule has 2 unspecified atom stereocenters. The molecule has 0 N–H and O–H groups in total. The second-order valence-corrected chi connectivity index (χ2v) is 4.32. The van der Waals surface area contributed by atoms with Crippen LogP contribution in [0.1, 0.15) is 41.6 Å². The fourth-order valence-corrected chi connectivity index (χ4v) is 3.14. The van der Waals surface area contributed by atoms with E-state index in [1.54, 1.807) is 11.1 Å². The molecule has 2 heterocycles. The summed E-state index contributed by atoms with van der Waals surface area (Å²) < 4.78 is 0. The first-order valence-electron chi connectivity index (χ1n) is 5.32. The van der Waals surface area contributed by atoms with E-state index >= 15 is 0 Å². The molecule has 1 saturated heterocycles. The molecule has 1 fully saturated rings. The number of aryl methyl sites for hydroxylation is 1. The van der Waals surface area contributed by atoms with Crippen molar-refractivity contribution in [2.24, 2.45) is 0 Å². The lowest BCUT2D eigenvalue weighted by atomic mass is 9.89. The monoisotopic (exact) mass is 185 g/mol. The Morgan fingerprint density at radius 3 is 2.86 bits per heavy atom. The highest BCUT2D eigenvalue weighted by atomic mass is 15.2. The quantitative estimate of drug-likeness (QED) is 0.648. The second kappa shape index (κ2) is 2.63. The number of hydrogen-bond donors (Lipinski definition) is 0. The molecule has 0 amide bonds. The maximum atomic E-state index is 3.92. The van der Waals surface area contributed by atoms with Crippen LogP contribution >= 0.6 is 0 Å². The molecule has 0 spiro atoms. The normalized spacial score (nSPS) is 27.9. The fraction of sp³-hybridized carbons (Fsp3) is 0.385. The Morgan fingerprint density at radius 2 is 2.14 bits per heavy atom. The molecule has 72 valence electrons. The van der Waals surface area contributed by atoms with Crippen LogP contribution < -0.4 is 0 Å². The van der Waals surface area contributed by atoms with Gasteiger partial charge in [0.05, 0.1) is 12.1 Å². The van der Waals surface area contributed by atoms with Gasteiger partial charge in [0.2, 0.25) is 0 Å². The molecule has 0 aliphatic carbocycles. The topological polar surface area (TPSA) is 3.24 Å². The van der Waals surface area contributed by atoms with Crippen LogP contribution in [0, 0.1) is 6.92 Å². The van der Waals surface area contributed by atoms with E-state index < -0.39 is 0 Å². The second-order valence-electron chi connectivity index (χ2n) is 4.32. The number of nitrogens with zero attached hydrogens (tertiary/aromatic N) is 1. The lowest BCUT2D eigenvalue weighted by Crippen LogP contribution is -2.10. The first kappa shape index (κ1) is 8.10. The minimum Gasteiger partial charge on any atom is -0.364 e. The smallest absolute Gasteiger partial charge is 0.0550 e. The highest BCUT2D eigenvalue weighted by Gasteiger charge is 2.42. The Morgan fingerprint density at radius 1 is 1.36 bits per heavy atom. The molecular weight excluding hydrogens is 170 g/mol. The third-order valence-electron chi connectivity index (χ3n) is 3.69. The summed E-state index contributed by atoms with van der Waals surface area (Å²) in [7, 11) is 0. The fourth-order valence-electron chi connectivity index (χ4n) is 3.14. The van der Waals surface area contributed by atoms with Gasteiger partial charge in [-0.15, -0.1) is 0 Å². The van der Waals surface area contributed by atoms with Crippen molar-refractivity contribution in [2.45, 2.75) is 31.8 Å². The van der Waals surface area contributed by atoms with E-state index in [-0.39, 0.29) is 0 Å². The minimum atomic E-state index is 0.618. The zero-order valence-electron chi connectivity index (χ0n) is 8.53. The molecule has 14 heavy (non-hydrogen) atoms. The van der Waals surface area contributed by atoms with Crippen molar-refractivity contribution in [2.75, 3.05) is 0 Å². The molecular formula is C13H15N. The molecule has 0 saturated carbocycles. The van der Waals surface area contributed by atoms with Gasteiger partial charge in [-0.3, -0.25) is 0 Å². The zero-order chi connectivity index (χ0) is 9.71. The third kappa shape index (κ3) is 0.802. The number of fused-ring (bicyclic) bond motifs is 5. The molecule has 0 radical (unpaired) electrons. The van der Waals surface area contributed by atoms with E-state index in [2.05, 4.69) is 36.6 Å². The molecule has 2 bridgehead atoms. The number of hydrogen-bond acceptors (Lipinski definition) is 1. The molecule has 0 aromatic heterocycles. The summed E-state index contributed by atoms with van der Waals surface area (Å²) in [6.07, 6.45) is 4.61. The van der Waals surface area contributed by atoms with Crippen molar-refractivity contribution in [3.05, 3.63) is 47.7 Å². The third-order valence-corrected chi connectivity index (χ3v) is 3.69. The van der Waals surface area contributed by atoms with Crippen LogP contribution in [0.4, 0.5) is 0 Å². The minimum absolute atomic E-state index is 0.618. The van der Waals surface area contributed by atoms with E-state index in [0.29, 0.717) is 12.1 Å². The van der Waals surface area contributed by atoms with E-state index in [1.807, 2.05) is 6.20 Å². The Balaban J connectivity index is 2.21. The molecule has 3 rings (SSSR count). The van der Waals surface area contributed by atoms with Crippen LogP contribution in [0.15, 0.2) is 31.0 Å². The molecule has 2 aliphatic rings. The molecule has 1 aromatic carbocycles. The van der Waals surface area contributed by atoms with Crippen molar-refractivity contribution in [3.8, 4) is 0 Å². The van der Waals surface area contributed by atoms with Crippen LogP contribution in [0.25, 0.3) is 0 Å². The highest BCUT2D eigenvalue weighted by molar-refractivity contribution is 5.45. The van der Waals surface area contributed by atoms with Gasteiger partial charge in [-0.05, 0) is 42.7 Å². The zero-order valence-corrected chi connectivity index (χ0v) is 8.53. The summed E-state index contributed by atoms with van der Waals surface area (Å²) in [4.78, 5) is 2.43. The van der Waals surface area contributed by atoms with Crippen molar-refractivity contribution in [3.63, 3.8) is 0 Å². The van der Waals surface area contributed by atoms with Gasteiger partial charge in [-0.25, -0.2) is 0 Å². The van der Waals surface area contributed by atoms with Gasteiger partial charge in [0.1, 0.15) is 0 Å². The SMILES string of the molecule is C=CN1C2CCC1c1c(C)cccc12. The first-order chi connectivity index (χ1) is 6.83. The number of rotatable bonds is 1. The standard InChI is InChI=1S/C13H15N/c1-3-14-11-7-8-12(14)13-9(2)5-4-6-10(11)13/h3-6,11-12H,1,7-8H2,2H3. The number of benzene rings is 1. The Hall–Kier alpha value is -1.24. The largest absolute Gasteiger partial charge is 0.364 e. The summed E-state index contributed by atoms with van der Waals surface area (Å²) in [6, 6.07) is 7.92. The van der Waals surface area contributed by atoms with Crippen LogP contribution in [0.3, 0.4) is 0 Å². The predicted octanol–water partition coefficient (Wildman–Crippen LogP) is 3.33. The summed E-state index contributed by atoms with van der Waals surface area (Å²) in [6.45, 7) is 6.15. The average Bonchev–Trinajstić information content (AvgIpc) is 2.73. The molecule has 2 atom stereocenters. The lowest BCUT2D eigenvalue weighted by Gasteiger charge is -2.18. The van der Waals surface area contributed by atoms with Gasteiger partial charge >= 0.3 is 0 Å². The average molecular weight is 185 g/mol. The van der Waals surface area contributed by atoms with Crippen molar-refractivity contribution >= 4 is 0 Å².